The summed E-state index contributed by atoms with van der Waals surface area (Å²) in [6.07, 6.45) is 3.62. The third-order valence-electron chi connectivity index (χ3n) is 2.30. The number of aromatic nitrogens is 1. The Hall–Kier alpha value is -0.610. The van der Waals surface area contributed by atoms with Crippen LogP contribution in [-0.2, 0) is 0 Å². The minimum Gasteiger partial charge on any atom is -0.431 e. The van der Waals surface area contributed by atoms with Crippen molar-refractivity contribution in [2.75, 3.05) is 11.5 Å². The summed E-state index contributed by atoms with van der Waals surface area (Å²) in [6, 6.07) is 7.87. The fourth-order valence-corrected chi connectivity index (χ4v) is 2.52. The number of para-hydroxylation sites is 2. The number of benzene rings is 1. The molecule has 0 spiro atoms. The molecule has 2 nitrogen and oxygen atoms in total. The fraction of sp³-hybridized carbons (Fsp3) is 0.417. The van der Waals surface area contributed by atoms with Crippen LogP contribution in [0.15, 0.2) is 33.9 Å². The molecule has 0 amide bonds. The van der Waals surface area contributed by atoms with Crippen LogP contribution >= 0.6 is 24.4 Å². The van der Waals surface area contributed by atoms with E-state index in [4.69, 9.17) is 4.42 Å². The first-order chi connectivity index (χ1) is 7.90. The molecule has 86 valence electrons. The SMILES string of the molecule is SCCCCCSc1nc2ccccc2o1. The van der Waals surface area contributed by atoms with Gasteiger partial charge in [0.2, 0.25) is 0 Å². The van der Waals surface area contributed by atoms with Crippen molar-refractivity contribution in [3.8, 4) is 0 Å². The number of hydrogen-bond donors (Lipinski definition) is 1. The monoisotopic (exact) mass is 253 g/mol. The number of thiol groups is 1. The summed E-state index contributed by atoms with van der Waals surface area (Å²) in [5.41, 5.74) is 1.82. The molecule has 0 saturated heterocycles. The zero-order chi connectivity index (χ0) is 11.2. The van der Waals surface area contributed by atoms with Gasteiger partial charge in [0.25, 0.3) is 5.22 Å². The van der Waals surface area contributed by atoms with E-state index in [0.29, 0.717) is 0 Å². The molecule has 16 heavy (non-hydrogen) atoms. The highest BCUT2D eigenvalue weighted by Crippen LogP contribution is 2.23. The first-order valence-corrected chi connectivity index (χ1v) is 7.11. The molecule has 0 bridgehead atoms. The maximum Gasteiger partial charge on any atom is 0.256 e. The quantitative estimate of drug-likeness (QED) is 0.478. The van der Waals surface area contributed by atoms with Gasteiger partial charge in [-0.15, -0.1) is 0 Å². The van der Waals surface area contributed by atoms with Crippen molar-refractivity contribution in [3.05, 3.63) is 24.3 Å². The predicted molar refractivity (Wildman–Crippen MR) is 72.4 cm³/mol. The molecule has 0 aliphatic heterocycles. The van der Waals surface area contributed by atoms with E-state index in [0.717, 1.165) is 27.8 Å². The van der Waals surface area contributed by atoms with Crippen LogP contribution in [0.4, 0.5) is 0 Å². The van der Waals surface area contributed by atoms with Crippen molar-refractivity contribution in [2.45, 2.75) is 24.5 Å². The van der Waals surface area contributed by atoms with Crippen LogP contribution in [0.2, 0.25) is 0 Å². The lowest BCUT2D eigenvalue weighted by molar-refractivity contribution is 0.489. The lowest BCUT2D eigenvalue weighted by atomic mass is 10.3. The molecule has 4 heteroatoms. The van der Waals surface area contributed by atoms with Crippen molar-refractivity contribution in [1.29, 1.82) is 0 Å². The molecule has 0 aliphatic rings. The van der Waals surface area contributed by atoms with Crippen molar-refractivity contribution >= 4 is 35.5 Å². The molecule has 0 N–H and O–H groups in total. The third kappa shape index (κ3) is 3.19. The second-order valence-electron chi connectivity index (χ2n) is 3.58. The minimum absolute atomic E-state index is 0.784. The highest BCUT2D eigenvalue weighted by Gasteiger charge is 2.04. The average molecular weight is 253 g/mol. The maximum atomic E-state index is 5.61. The van der Waals surface area contributed by atoms with E-state index >= 15 is 0 Å². The van der Waals surface area contributed by atoms with E-state index in [-0.39, 0.29) is 0 Å². The number of oxazole rings is 1. The van der Waals surface area contributed by atoms with Crippen LogP contribution in [0.1, 0.15) is 19.3 Å². The molecule has 0 radical (unpaired) electrons. The number of nitrogens with zero attached hydrogens (tertiary/aromatic N) is 1. The topological polar surface area (TPSA) is 26.0 Å². The number of rotatable bonds is 6. The first kappa shape index (κ1) is 11.9. The first-order valence-electron chi connectivity index (χ1n) is 5.49. The van der Waals surface area contributed by atoms with Crippen LogP contribution in [0.5, 0.6) is 0 Å². The van der Waals surface area contributed by atoms with Gasteiger partial charge in [0, 0.05) is 5.75 Å². The van der Waals surface area contributed by atoms with E-state index in [1.807, 2.05) is 24.3 Å². The summed E-state index contributed by atoms with van der Waals surface area (Å²) in [5, 5.41) is 0.784. The summed E-state index contributed by atoms with van der Waals surface area (Å²) < 4.78 is 5.61. The van der Waals surface area contributed by atoms with Gasteiger partial charge in [-0.1, -0.05) is 30.3 Å². The Kier molecular flexibility index (Phi) is 4.60. The summed E-state index contributed by atoms with van der Waals surface area (Å²) in [6.45, 7) is 0. The van der Waals surface area contributed by atoms with E-state index in [2.05, 4.69) is 17.6 Å². The van der Waals surface area contributed by atoms with E-state index in [1.54, 1.807) is 11.8 Å². The maximum absolute atomic E-state index is 5.61. The van der Waals surface area contributed by atoms with Crippen molar-refractivity contribution in [3.63, 3.8) is 0 Å². The molecular formula is C12H15NOS2. The van der Waals surface area contributed by atoms with Crippen molar-refractivity contribution in [2.24, 2.45) is 0 Å². The Labute approximate surface area is 105 Å². The van der Waals surface area contributed by atoms with E-state index < -0.39 is 0 Å². The van der Waals surface area contributed by atoms with Crippen LogP contribution in [-0.4, -0.2) is 16.5 Å². The van der Waals surface area contributed by atoms with Crippen LogP contribution in [0, 0.1) is 0 Å². The van der Waals surface area contributed by atoms with E-state index in [1.165, 1.54) is 19.3 Å². The smallest absolute Gasteiger partial charge is 0.256 e. The minimum atomic E-state index is 0.784. The van der Waals surface area contributed by atoms with Crippen LogP contribution < -0.4 is 0 Å². The van der Waals surface area contributed by atoms with Gasteiger partial charge in [-0.25, -0.2) is 4.98 Å². The van der Waals surface area contributed by atoms with Crippen molar-refractivity contribution in [1.82, 2.24) is 4.98 Å². The summed E-state index contributed by atoms with van der Waals surface area (Å²) in [4.78, 5) is 4.41. The summed E-state index contributed by atoms with van der Waals surface area (Å²) in [5.74, 6) is 2.05. The van der Waals surface area contributed by atoms with Gasteiger partial charge < -0.3 is 4.42 Å². The molecule has 2 rings (SSSR count). The standard InChI is InChI=1S/C12H15NOS2/c15-8-4-1-5-9-16-12-13-10-6-2-3-7-11(10)14-12/h2-3,6-7,15H,1,4-5,8-9H2. The van der Waals surface area contributed by atoms with Crippen molar-refractivity contribution < 1.29 is 4.42 Å². The van der Waals surface area contributed by atoms with Gasteiger partial charge in [0.1, 0.15) is 5.52 Å². The number of unbranched alkanes of at least 4 members (excludes halogenated alkanes) is 2. The molecule has 0 saturated carbocycles. The number of fused-ring (bicyclic) bond motifs is 1. The van der Waals surface area contributed by atoms with Gasteiger partial charge in [-0.3, -0.25) is 0 Å². The molecule has 0 atom stereocenters. The van der Waals surface area contributed by atoms with Crippen LogP contribution in [0.3, 0.4) is 0 Å². The Morgan fingerprint density at radius 2 is 2.06 bits per heavy atom. The molecule has 1 aromatic heterocycles. The Bertz CT molecular complexity index is 408. The molecule has 0 unspecified atom stereocenters. The normalized spacial score (nSPS) is 11.1. The van der Waals surface area contributed by atoms with Gasteiger partial charge >= 0.3 is 0 Å². The number of hydrogen-bond acceptors (Lipinski definition) is 4. The third-order valence-corrected chi connectivity index (χ3v) is 3.53. The van der Waals surface area contributed by atoms with Crippen LogP contribution in [0.25, 0.3) is 11.1 Å². The molecule has 0 fully saturated rings. The molecule has 1 aromatic carbocycles. The fourth-order valence-electron chi connectivity index (χ4n) is 1.46. The second kappa shape index (κ2) is 6.21. The Morgan fingerprint density at radius 1 is 1.19 bits per heavy atom. The van der Waals surface area contributed by atoms with Gasteiger partial charge in [0.15, 0.2) is 5.58 Å². The lowest BCUT2D eigenvalue weighted by Crippen LogP contribution is -1.82. The average Bonchev–Trinajstić information content (AvgIpc) is 2.71. The zero-order valence-corrected chi connectivity index (χ0v) is 10.8. The highest BCUT2D eigenvalue weighted by atomic mass is 32.2. The largest absolute Gasteiger partial charge is 0.431 e. The second-order valence-corrected chi connectivity index (χ2v) is 5.07. The van der Waals surface area contributed by atoms with Gasteiger partial charge in [-0.05, 0) is 30.7 Å². The Balaban J connectivity index is 1.85. The van der Waals surface area contributed by atoms with E-state index in [9.17, 15) is 0 Å². The number of thioether (sulfide) groups is 1. The van der Waals surface area contributed by atoms with Gasteiger partial charge in [-0.2, -0.15) is 12.6 Å². The summed E-state index contributed by atoms with van der Waals surface area (Å²) in [7, 11) is 0. The lowest BCUT2D eigenvalue weighted by Gasteiger charge is -1.95. The molecular weight excluding hydrogens is 238 g/mol. The molecule has 1 heterocycles. The van der Waals surface area contributed by atoms with Gasteiger partial charge in [0.05, 0.1) is 0 Å². The zero-order valence-electron chi connectivity index (χ0n) is 9.06. The Morgan fingerprint density at radius 3 is 2.88 bits per heavy atom. The molecule has 0 aliphatic carbocycles. The molecule has 2 aromatic rings. The summed E-state index contributed by atoms with van der Waals surface area (Å²) >= 11 is 5.88. The highest BCUT2D eigenvalue weighted by molar-refractivity contribution is 7.99. The predicted octanol–water partition coefficient (Wildman–Crippen LogP) is 4.02.